The molecule has 2 rings (SSSR count). The highest BCUT2D eigenvalue weighted by atomic mass is 19.1. The molecule has 2 aromatic carbocycles. The van der Waals surface area contributed by atoms with Crippen LogP contribution in [0.5, 0.6) is 0 Å². The van der Waals surface area contributed by atoms with E-state index in [-0.39, 0.29) is 6.42 Å². The number of hydrogen-bond donors (Lipinski definition) is 1. The number of nitrogens with one attached hydrogen (secondary N) is 1. The minimum absolute atomic E-state index is 0.119. The van der Waals surface area contributed by atoms with Gasteiger partial charge in [-0.3, -0.25) is 9.59 Å². The summed E-state index contributed by atoms with van der Waals surface area (Å²) >= 11 is 0. The topological polar surface area (TPSA) is 79.2 Å². The molecule has 1 amide bonds. The van der Waals surface area contributed by atoms with E-state index in [1.165, 1.54) is 25.1 Å². The molecule has 1 N–H and O–H groups in total. The van der Waals surface area contributed by atoms with Crippen molar-refractivity contribution in [2.24, 2.45) is 0 Å². The number of halogens is 1. The van der Waals surface area contributed by atoms with E-state index in [1.54, 1.807) is 30.3 Å². The zero-order chi connectivity index (χ0) is 17.5. The van der Waals surface area contributed by atoms with Gasteiger partial charge in [0.05, 0.1) is 18.1 Å². The molecule has 0 aliphatic carbocycles. The van der Waals surface area contributed by atoms with Crippen LogP contribution in [0.4, 0.5) is 10.1 Å². The van der Waals surface area contributed by atoms with Crippen molar-refractivity contribution in [2.75, 3.05) is 5.32 Å². The van der Waals surface area contributed by atoms with Crippen LogP contribution < -0.4 is 5.32 Å². The summed E-state index contributed by atoms with van der Waals surface area (Å²) in [6, 6.07) is 13.9. The summed E-state index contributed by atoms with van der Waals surface area (Å²) in [5.74, 6) is -1.55. The highest BCUT2D eigenvalue weighted by molar-refractivity contribution is 5.95. The summed E-state index contributed by atoms with van der Waals surface area (Å²) in [6.45, 7) is 1.45. The fourth-order valence-corrected chi connectivity index (χ4v) is 1.98. The number of anilines is 1. The first-order chi connectivity index (χ1) is 11.5. The third kappa shape index (κ3) is 4.92. The molecule has 0 saturated heterocycles. The molecular formula is C18H15FN2O3. The van der Waals surface area contributed by atoms with Crippen molar-refractivity contribution in [2.45, 2.75) is 19.4 Å². The lowest BCUT2D eigenvalue weighted by atomic mass is 10.1. The first-order valence-electron chi connectivity index (χ1n) is 7.23. The van der Waals surface area contributed by atoms with E-state index >= 15 is 0 Å². The summed E-state index contributed by atoms with van der Waals surface area (Å²) < 4.78 is 18.1. The van der Waals surface area contributed by atoms with Crippen LogP contribution in [0.1, 0.15) is 18.1 Å². The first-order valence-corrected chi connectivity index (χ1v) is 7.23. The predicted octanol–water partition coefficient (Wildman–Crippen LogP) is 2.81. The quantitative estimate of drug-likeness (QED) is 0.857. The van der Waals surface area contributed by atoms with Crippen LogP contribution in [0.25, 0.3) is 0 Å². The number of rotatable bonds is 5. The molecule has 0 aromatic heterocycles. The van der Waals surface area contributed by atoms with E-state index in [4.69, 9.17) is 10.00 Å². The Kier molecular flexibility index (Phi) is 5.63. The Labute approximate surface area is 138 Å². The number of hydrogen-bond acceptors (Lipinski definition) is 4. The molecular weight excluding hydrogens is 311 g/mol. The maximum Gasteiger partial charge on any atom is 0.311 e. The first kappa shape index (κ1) is 17.2. The van der Waals surface area contributed by atoms with E-state index in [9.17, 15) is 14.0 Å². The monoisotopic (exact) mass is 326 g/mol. The molecule has 1 atom stereocenters. The zero-order valence-corrected chi connectivity index (χ0v) is 13.0. The molecule has 122 valence electrons. The van der Waals surface area contributed by atoms with Gasteiger partial charge in [0, 0.05) is 5.69 Å². The Morgan fingerprint density at radius 2 is 1.96 bits per heavy atom. The highest BCUT2D eigenvalue weighted by Crippen LogP contribution is 2.10. The minimum Gasteiger partial charge on any atom is -0.452 e. The summed E-state index contributed by atoms with van der Waals surface area (Å²) in [5, 5.41) is 11.3. The van der Waals surface area contributed by atoms with Crippen molar-refractivity contribution >= 4 is 17.6 Å². The van der Waals surface area contributed by atoms with Gasteiger partial charge in [-0.2, -0.15) is 5.26 Å². The van der Waals surface area contributed by atoms with Crippen LogP contribution in [0.2, 0.25) is 0 Å². The second-order valence-electron chi connectivity index (χ2n) is 5.12. The van der Waals surface area contributed by atoms with E-state index in [0.29, 0.717) is 16.8 Å². The Bertz CT molecular complexity index is 782. The van der Waals surface area contributed by atoms with Crippen molar-refractivity contribution in [3.05, 3.63) is 65.5 Å². The van der Waals surface area contributed by atoms with Gasteiger partial charge in [0.15, 0.2) is 6.10 Å². The third-order valence-corrected chi connectivity index (χ3v) is 3.20. The molecule has 6 heteroatoms. The summed E-state index contributed by atoms with van der Waals surface area (Å²) in [4.78, 5) is 23.8. The van der Waals surface area contributed by atoms with Gasteiger partial charge in [-0.15, -0.1) is 0 Å². The zero-order valence-electron chi connectivity index (χ0n) is 13.0. The van der Waals surface area contributed by atoms with Crippen LogP contribution in [-0.4, -0.2) is 18.0 Å². The maximum absolute atomic E-state index is 13.1. The van der Waals surface area contributed by atoms with Gasteiger partial charge in [0.2, 0.25) is 0 Å². The van der Waals surface area contributed by atoms with Crippen molar-refractivity contribution in [3.63, 3.8) is 0 Å². The van der Waals surface area contributed by atoms with Gasteiger partial charge in [0.25, 0.3) is 5.91 Å². The van der Waals surface area contributed by atoms with E-state index in [2.05, 4.69) is 5.32 Å². The molecule has 24 heavy (non-hydrogen) atoms. The SMILES string of the molecule is C[C@@H](OC(=O)Cc1cccc(F)c1)C(=O)Nc1ccc(C#N)cc1. The summed E-state index contributed by atoms with van der Waals surface area (Å²) in [5.41, 5.74) is 1.44. The lowest BCUT2D eigenvalue weighted by Gasteiger charge is -2.13. The number of nitrogens with zero attached hydrogens (tertiary/aromatic N) is 1. The van der Waals surface area contributed by atoms with Crippen LogP contribution in [-0.2, 0) is 20.7 Å². The third-order valence-electron chi connectivity index (χ3n) is 3.20. The van der Waals surface area contributed by atoms with Gasteiger partial charge >= 0.3 is 5.97 Å². The normalized spacial score (nSPS) is 11.2. The fourth-order valence-electron chi connectivity index (χ4n) is 1.98. The molecule has 2 aromatic rings. The maximum atomic E-state index is 13.1. The van der Waals surface area contributed by atoms with Crippen molar-refractivity contribution < 1.29 is 18.7 Å². The molecule has 0 aliphatic heterocycles. The fraction of sp³-hybridized carbons (Fsp3) is 0.167. The highest BCUT2D eigenvalue weighted by Gasteiger charge is 2.18. The smallest absolute Gasteiger partial charge is 0.311 e. The summed E-state index contributed by atoms with van der Waals surface area (Å²) in [7, 11) is 0. The van der Waals surface area contributed by atoms with Crippen molar-refractivity contribution in [3.8, 4) is 6.07 Å². The van der Waals surface area contributed by atoms with E-state index in [1.807, 2.05) is 6.07 Å². The number of esters is 1. The van der Waals surface area contributed by atoms with Gasteiger partial charge in [0.1, 0.15) is 5.82 Å². The number of amides is 1. The van der Waals surface area contributed by atoms with Crippen LogP contribution in [0, 0.1) is 17.1 Å². The molecule has 0 heterocycles. The molecule has 0 radical (unpaired) electrons. The second-order valence-corrected chi connectivity index (χ2v) is 5.12. The Balaban J connectivity index is 1.88. The van der Waals surface area contributed by atoms with Gasteiger partial charge in [-0.25, -0.2) is 4.39 Å². The Hall–Kier alpha value is -3.20. The number of ether oxygens (including phenoxy) is 1. The standard InChI is InChI=1S/C18H15FN2O3/c1-12(18(23)21-16-7-5-13(11-20)6-8-16)24-17(22)10-14-3-2-4-15(19)9-14/h2-9,12H,10H2,1H3,(H,21,23)/t12-/m1/s1. The number of benzene rings is 2. The number of carbonyl (C=O) groups is 2. The number of carbonyl (C=O) groups excluding carboxylic acids is 2. The molecule has 0 saturated carbocycles. The summed E-state index contributed by atoms with van der Waals surface area (Å²) in [6.07, 6.45) is -1.12. The lowest BCUT2D eigenvalue weighted by Crippen LogP contribution is -2.30. The molecule has 5 nitrogen and oxygen atoms in total. The van der Waals surface area contributed by atoms with Gasteiger partial charge in [-0.05, 0) is 48.9 Å². The predicted molar refractivity (Wildman–Crippen MR) is 85.4 cm³/mol. The van der Waals surface area contributed by atoms with Crippen molar-refractivity contribution in [1.29, 1.82) is 5.26 Å². The average molecular weight is 326 g/mol. The Morgan fingerprint density at radius 1 is 1.25 bits per heavy atom. The largest absolute Gasteiger partial charge is 0.452 e. The molecule has 0 fully saturated rings. The van der Waals surface area contributed by atoms with Crippen LogP contribution >= 0.6 is 0 Å². The van der Waals surface area contributed by atoms with Gasteiger partial charge in [-0.1, -0.05) is 12.1 Å². The number of nitriles is 1. The molecule has 0 unspecified atom stereocenters. The van der Waals surface area contributed by atoms with Crippen LogP contribution in [0.3, 0.4) is 0 Å². The average Bonchev–Trinajstić information content (AvgIpc) is 2.55. The molecule has 0 spiro atoms. The Morgan fingerprint density at radius 3 is 2.58 bits per heavy atom. The van der Waals surface area contributed by atoms with E-state index in [0.717, 1.165) is 0 Å². The molecule has 0 bridgehead atoms. The van der Waals surface area contributed by atoms with Gasteiger partial charge < -0.3 is 10.1 Å². The minimum atomic E-state index is -0.998. The second kappa shape index (κ2) is 7.88. The lowest BCUT2D eigenvalue weighted by molar-refractivity contribution is -0.152. The van der Waals surface area contributed by atoms with E-state index < -0.39 is 23.8 Å². The molecule has 0 aliphatic rings. The van der Waals surface area contributed by atoms with Crippen LogP contribution in [0.15, 0.2) is 48.5 Å². The van der Waals surface area contributed by atoms with Crippen molar-refractivity contribution in [1.82, 2.24) is 0 Å².